The minimum atomic E-state index is 0.0674. The van der Waals surface area contributed by atoms with E-state index in [1.54, 1.807) is 0 Å². The van der Waals surface area contributed by atoms with Crippen molar-refractivity contribution < 1.29 is 13.9 Å². The molecule has 1 N–H and O–H groups in total. The average molecular weight is 360 g/mol. The number of nitrogens with zero attached hydrogens (tertiary/aromatic N) is 3. The van der Waals surface area contributed by atoms with E-state index < -0.39 is 0 Å². The van der Waals surface area contributed by atoms with Crippen molar-refractivity contribution in [2.45, 2.75) is 45.8 Å². The van der Waals surface area contributed by atoms with Crippen molar-refractivity contribution >= 4 is 5.91 Å². The molecule has 26 heavy (non-hydrogen) atoms. The van der Waals surface area contributed by atoms with Gasteiger partial charge in [-0.3, -0.25) is 14.4 Å². The summed E-state index contributed by atoms with van der Waals surface area (Å²) in [5, 5.41) is 7.26. The fourth-order valence-electron chi connectivity index (χ4n) is 3.20. The van der Waals surface area contributed by atoms with Crippen molar-refractivity contribution in [3.8, 4) is 0 Å². The van der Waals surface area contributed by atoms with Gasteiger partial charge in [-0.25, -0.2) is 0 Å². The van der Waals surface area contributed by atoms with Gasteiger partial charge < -0.3 is 14.5 Å². The topological polar surface area (TPSA) is 72.5 Å². The van der Waals surface area contributed by atoms with E-state index in [0.717, 1.165) is 36.6 Å². The van der Waals surface area contributed by atoms with Crippen LogP contribution in [0.1, 0.15) is 29.9 Å². The number of aryl methyl sites for hydroxylation is 3. The van der Waals surface area contributed by atoms with E-state index in [0.29, 0.717) is 32.7 Å². The highest BCUT2D eigenvalue weighted by Crippen LogP contribution is 2.16. The van der Waals surface area contributed by atoms with Crippen molar-refractivity contribution in [2.75, 3.05) is 26.3 Å². The molecule has 3 rings (SSSR count). The third kappa shape index (κ3) is 5.44. The molecule has 0 aliphatic carbocycles. The number of furan rings is 1. The van der Waals surface area contributed by atoms with Crippen molar-refractivity contribution in [3.63, 3.8) is 0 Å². The quantitative estimate of drug-likeness (QED) is 0.728. The summed E-state index contributed by atoms with van der Waals surface area (Å²) in [7, 11) is 0. The summed E-state index contributed by atoms with van der Waals surface area (Å²) in [5.74, 6) is 1.91. The van der Waals surface area contributed by atoms with Crippen LogP contribution in [0.4, 0.5) is 0 Å². The van der Waals surface area contributed by atoms with Crippen molar-refractivity contribution in [1.82, 2.24) is 20.0 Å². The molecule has 0 saturated carbocycles. The van der Waals surface area contributed by atoms with Gasteiger partial charge in [0.15, 0.2) is 0 Å². The van der Waals surface area contributed by atoms with E-state index >= 15 is 0 Å². The summed E-state index contributed by atoms with van der Waals surface area (Å²) in [4.78, 5) is 14.6. The molecule has 2 aromatic rings. The lowest BCUT2D eigenvalue weighted by Gasteiger charge is -2.34. The molecule has 1 aliphatic heterocycles. The molecule has 0 spiro atoms. The van der Waals surface area contributed by atoms with Gasteiger partial charge in [-0.2, -0.15) is 5.10 Å². The van der Waals surface area contributed by atoms with Gasteiger partial charge in [-0.1, -0.05) is 0 Å². The SMILES string of the molecule is Cc1cnn(CCCNC(=O)CC2COCCN2Cc2ccc(C)o2)c1. The van der Waals surface area contributed by atoms with E-state index in [1.807, 2.05) is 43.1 Å². The van der Waals surface area contributed by atoms with E-state index in [4.69, 9.17) is 9.15 Å². The van der Waals surface area contributed by atoms with Crippen LogP contribution in [0.5, 0.6) is 0 Å². The number of amides is 1. The third-order valence-electron chi connectivity index (χ3n) is 4.57. The minimum Gasteiger partial charge on any atom is -0.465 e. The predicted molar refractivity (Wildman–Crippen MR) is 97.7 cm³/mol. The lowest BCUT2D eigenvalue weighted by Crippen LogP contribution is -2.47. The molecule has 3 heterocycles. The molecule has 142 valence electrons. The van der Waals surface area contributed by atoms with Crippen LogP contribution < -0.4 is 5.32 Å². The Bertz CT molecular complexity index is 709. The average Bonchev–Trinajstić information content (AvgIpc) is 3.21. The second-order valence-electron chi connectivity index (χ2n) is 6.90. The Balaban J connectivity index is 1.41. The highest BCUT2D eigenvalue weighted by molar-refractivity contribution is 5.76. The lowest BCUT2D eigenvalue weighted by molar-refractivity contribution is -0.124. The van der Waals surface area contributed by atoms with Gasteiger partial charge in [-0.05, 0) is 38.0 Å². The maximum absolute atomic E-state index is 12.3. The zero-order valence-electron chi connectivity index (χ0n) is 15.6. The van der Waals surface area contributed by atoms with Crippen LogP contribution in [-0.2, 0) is 22.6 Å². The number of rotatable bonds is 8. The fraction of sp³-hybridized carbons (Fsp3) is 0.579. The highest BCUT2D eigenvalue weighted by Gasteiger charge is 2.26. The predicted octanol–water partition coefficient (Wildman–Crippen LogP) is 1.89. The molecule has 2 aromatic heterocycles. The Kier molecular flexibility index (Phi) is 6.46. The number of aromatic nitrogens is 2. The summed E-state index contributed by atoms with van der Waals surface area (Å²) in [6.45, 7) is 8.24. The first-order valence-corrected chi connectivity index (χ1v) is 9.23. The molecular weight excluding hydrogens is 332 g/mol. The van der Waals surface area contributed by atoms with Crippen molar-refractivity contribution in [1.29, 1.82) is 0 Å². The summed E-state index contributed by atoms with van der Waals surface area (Å²) in [5.41, 5.74) is 1.15. The second kappa shape index (κ2) is 9.00. The normalized spacial score (nSPS) is 18.2. The smallest absolute Gasteiger partial charge is 0.221 e. The number of hydrogen-bond acceptors (Lipinski definition) is 5. The van der Waals surface area contributed by atoms with Crippen LogP contribution in [0.2, 0.25) is 0 Å². The standard InChI is InChI=1S/C19H28N4O3/c1-15-11-21-23(12-15)7-3-6-20-19(24)10-17-14-25-9-8-22(17)13-18-5-4-16(2)26-18/h4-5,11-12,17H,3,6-10,13-14H2,1-2H3,(H,20,24). The first-order chi connectivity index (χ1) is 12.6. The van der Waals surface area contributed by atoms with Crippen LogP contribution >= 0.6 is 0 Å². The Morgan fingerprint density at radius 2 is 2.27 bits per heavy atom. The summed E-state index contributed by atoms with van der Waals surface area (Å²) in [6, 6.07) is 4.06. The largest absolute Gasteiger partial charge is 0.465 e. The Morgan fingerprint density at radius 1 is 1.38 bits per heavy atom. The van der Waals surface area contributed by atoms with Gasteiger partial charge in [0.1, 0.15) is 11.5 Å². The van der Waals surface area contributed by atoms with Gasteiger partial charge in [0.05, 0.1) is 26.0 Å². The van der Waals surface area contributed by atoms with Gasteiger partial charge in [0, 0.05) is 38.3 Å². The summed E-state index contributed by atoms with van der Waals surface area (Å²) < 4.78 is 13.2. The lowest BCUT2D eigenvalue weighted by atomic mass is 10.1. The van der Waals surface area contributed by atoms with E-state index in [2.05, 4.69) is 15.3 Å². The summed E-state index contributed by atoms with van der Waals surface area (Å²) in [6.07, 6.45) is 5.16. The molecule has 0 radical (unpaired) electrons. The number of carbonyl (C=O) groups is 1. The van der Waals surface area contributed by atoms with Crippen LogP contribution in [0.25, 0.3) is 0 Å². The van der Waals surface area contributed by atoms with Gasteiger partial charge >= 0.3 is 0 Å². The zero-order chi connectivity index (χ0) is 18.4. The molecule has 7 nitrogen and oxygen atoms in total. The van der Waals surface area contributed by atoms with Crippen LogP contribution in [0, 0.1) is 13.8 Å². The van der Waals surface area contributed by atoms with E-state index in [-0.39, 0.29) is 11.9 Å². The zero-order valence-corrected chi connectivity index (χ0v) is 15.6. The molecule has 1 aliphatic rings. The molecule has 1 atom stereocenters. The molecular formula is C19H28N4O3. The first kappa shape index (κ1) is 18.7. The van der Waals surface area contributed by atoms with Gasteiger partial charge in [-0.15, -0.1) is 0 Å². The maximum Gasteiger partial charge on any atom is 0.221 e. The molecule has 1 fully saturated rings. The van der Waals surface area contributed by atoms with Crippen LogP contribution in [-0.4, -0.2) is 52.9 Å². The maximum atomic E-state index is 12.3. The van der Waals surface area contributed by atoms with Crippen LogP contribution in [0.15, 0.2) is 28.9 Å². The van der Waals surface area contributed by atoms with E-state index in [9.17, 15) is 4.79 Å². The van der Waals surface area contributed by atoms with Gasteiger partial charge in [0.25, 0.3) is 0 Å². The molecule has 0 bridgehead atoms. The highest BCUT2D eigenvalue weighted by atomic mass is 16.5. The number of carbonyl (C=O) groups excluding carboxylic acids is 1. The molecule has 7 heteroatoms. The van der Waals surface area contributed by atoms with Crippen molar-refractivity contribution in [2.24, 2.45) is 0 Å². The van der Waals surface area contributed by atoms with Crippen LogP contribution in [0.3, 0.4) is 0 Å². The summed E-state index contributed by atoms with van der Waals surface area (Å²) >= 11 is 0. The molecule has 0 aromatic carbocycles. The fourth-order valence-corrected chi connectivity index (χ4v) is 3.20. The molecule has 1 saturated heterocycles. The number of hydrogen-bond donors (Lipinski definition) is 1. The molecule has 1 amide bonds. The first-order valence-electron chi connectivity index (χ1n) is 9.23. The number of nitrogens with one attached hydrogen (secondary N) is 1. The third-order valence-corrected chi connectivity index (χ3v) is 4.57. The number of morpholine rings is 1. The Morgan fingerprint density at radius 3 is 3.00 bits per heavy atom. The molecule has 1 unspecified atom stereocenters. The monoisotopic (exact) mass is 360 g/mol. The minimum absolute atomic E-state index is 0.0674. The van der Waals surface area contributed by atoms with Crippen molar-refractivity contribution in [3.05, 3.63) is 41.6 Å². The van der Waals surface area contributed by atoms with E-state index in [1.165, 1.54) is 0 Å². The second-order valence-corrected chi connectivity index (χ2v) is 6.90. The van der Waals surface area contributed by atoms with Gasteiger partial charge in [0.2, 0.25) is 5.91 Å². The Hall–Kier alpha value is -2.12. The number of ether oxygens (including phenoxy) is 1. The Labute approximate surface area is 154 Å².